The minimum absolute atomic E-state index is 0.588. The maximum absolute atomic E-state index is 5.55. The van der Waals surface area contributed by atoms with Crippen molar-refractivity contribution in [1.29, 1.82) is 0 Å². The Kier molecular flexibility index (Phi) is 5.25. The van der Waals surface area contributed by atoms with Crippen LogP contribution < -0.4 is 10.1 Å². The van der Waals surface area contributed by atoms with Gasteiger partial charge in [0.15, 0.2) is 5.75 Å². The molecule has 0 spiro atoms. The van der Waals surface area contributed by atoms with Gasteiger partial charge in [0.25, 0.3) is 0 Å². The Hall–Kier alpha value is -1.03. The van der Waals surface area contributed by atoms with Crippen LogP contribution in [0, 0.1) is 5.92 Å². The number of rotatable bonds is 6. The summed E-state index contributed by atoms with van der Waals surface area (Å²) in [5, 5.41) is 7.87. The van der Waals surface area contributed by atoms with Crippen molar-refractivity contribution in [3.8, 4) is 5.75 Å². The SMILES string of the molecule is CCCn1ncc(OC)c1C1CCCCC1CNC. The van der Waals surface area contributed by atoms with E-state index in [1.807, 2.05) is 13.2 Å². The molecule has 19 heavy (non-hydrogen) atoms. The van der Waals surface area contributed by atoms with E-state index in [9.17, 15) is 0 Å². The largest absolute Gasteiger partial charge is 0.493 e. The number of ether oxygens (including phenoxy) is 1. The summed E-state index contributed by atoms with van der Waals surface area (Å²) in [6, 6.07) is 0. The molecule has 0 aliphatic heterocycles. The van der Waals surface area contributed by atoms with Gasteiger partial charge in [-0.2, -0.15) is 5.10 Å². The van der Waals surface area contributed by atoms with Crippen LogP contribution in [0.4, 0.5) is 0 Å². The summed E-state index contributed by atoms with van der Waals surface area (Å²) in [6.45, 7) is 4.27. The average molecular weight is 265 g/mol. The molecule has 1 N–H and O–H groups in total. The van der Waals surface area contributed by atoms with E-state index in [0.717, 1.165) is 25.3 Å². The third kappa shape index (κ3) is 3.11. The Labute approximate surface area is 116 Å². The van der Waals surface area contributed by atoms with E-state index in [1.165, 1.54) is 31.4 Å². The van der Waals surface area contributed by atoms with Crippen molar-refractivity contribution in [3.63, 3.8) is 0 Å². The summed E-state index contributed by atoms with van der Waals surface area (Å²) in [4.78, 5) is 0. The standard InChI is InChI=1S/C15H27N3O/c1-4-9-18-15(14(19-3)11-17-18)13-8-6-5-7-12(13)10-16-2/h11-13,16H,4-10H2,1-3H3. The van der Waals surface area contributed by atoms with Crippen molar-refractivity contribution in [1.82, 2.24) is 15.1 Å². The molecule has 0 bridgehead atoms. The Bertz CT molecular complexity index is 387. The molecule has 4 heteroatoms. The summed E-state index contributed by atoms with van der Waals surface area (Å²) in [6.07, 6.45) is 8.25. The van der Waals surface area contributed by atoms with E-state index >= 15 is 0 Å². The lowest BCUT2D eigenvalue weighted by Gasteiger charge is -2.32. The highest BCUT2D eigenvalue weighted by Gasteiger charge is 2.31. The summed E-state index contributed by atoms with van der Waals surface area (Å²) in [5.74, 6) is 2.27. The first kappa shape index (κ1) is 14.4. The van der Waals surface area contributed by atoms with Gasteiger partial charge in [0.1, 0.15) is 0 Å². The van der Waals surface area contributed by atoms with Gasteiger partial charge in [0.05, 0.1) is 19.0 Å². The van der Waals surface area contributed by atoms with Gasteiger partial charge in [-0.15, -0.1) is 0 Å². The highest BCUT2D eigenvalue weighted by Crippen LogP contribution is 2.41. The van der Waals surface area contributed by atoms with Crippen molar-refractivity contribution in [2.24, 2.45) is 5.92 Å². The zero-order valence-electron chi connectivity index (χ0n) is 12.5. The van der Waals surface area contributed by atoms with E-state index in [2.05, 4.69) is 22.0 Å². The molecule has 2 atom stereocenters. The molecule has 0 saturated heterocycles. The van der Waals surface area contributed by atoms with Crippen LogP contribution in [0.5, 0.6) is 5.75 Å². The number of hydrogen-bond acceptors (Lipinski definition) is 3. The molecule has 1 aliphatic carbocycles. The second-order valence-corrected chi connectivity index (χ2v) is 5.53. The number of hydrogen-bond donors (Lipinski definition) is 1. The smallest absolute Gasteiger partial charge is 0.160 e. The van der Waals surface area contributed by atoms with Crippen molar-refractivity contribution in [3.05, 3.63) is 11.9 Å². The van der Waals surface area contributed by atoms with Crippen LogP contribution in [0.25, 0.3) is 0 Å². The summed E-state index contributed by atoms with van der Waals surface area (Å²) >= 11 is 0. The fourth-order valence-electron chi connectivity index (χ4n) is 3.37. The van der Waals surface area contributed by atoms with Crippen LogP contribution in [0.1, 0.15) is 50.6 Å². The third-order valence-electron chi connectivity index (χ3n) is 4.23. The Morgan fingerprint density at radius 3 is 2.89 bits per heavy atom. The number of nitrogens with one attached hydrogen (secondary N) is 1. The second-order valence-electron chi connectivity index (χ2n) is 5.53. The van der Waals surface area contributed by atoms with Crippen LogP contribution in [0.3, 0.4) is 0 Å². The zero-order chi connectivity index (χ0) is 13.7. The zero-order valence-corrected chi connectivity index (χ0v) is 12.5. The van der Waals surface area contributed by atoms with Gasteiger partial charge in [-0.1, -0.05) is 19.8 Å². The maximum Gasteiger partial charge on any atom is 0.160 e. The van der Waals surface area contributed by atoms with Crippen LogP contribution >= 0.6 is 0 Å². The molecule has 1 aromatic rings. The maximum atomic E-state index is 5.55. The first-order valence-electron chi connectivity index (χ1n) is 7.56. The summed E-state index contributed by atoms with van der Waals surface area (Å²) < 4.78 is 7.71. The van der Waals surface area contributed by atoms with E-state index in [0.29, 0.717) is 11.8 Å². The van der Waals surface area contributed by atoms with Crippen LogP contribution in [-0.4, -0.2) is 30.5 Å². The van der Waals surface area contributed by atoms with Gasteiger partial charge in [-0.05, 0) is 38.8 Å². The molecule has 1 saturated carbocycles. The molecule has 1 heterocycles. The topological polar surface area (TPSA) is 39.1 Å². The second kappa shape index (κ2) is 6.94. The molecule has 108 valence electrons. The lowest BCUT2D eigenvalue weighted by atomic mass is 9.77. The number of methoxy groups -OCH3 is 1. The third-order valence-corrected chi connectivity index (χ3v) is 4.23. The minimum atomic E-state index is 0.588. The molecule has 0 radical (unpaired) electrons. The van der Waals surface area contributed by atoms with Crippen molar-refractivity contribution in [2.45, 2.75) is 51.5 Å². The molecular weight excluding hydrogens is 238 g/mol. The highest BCUT2D eigenvalue weighted by atomic mass is 16.5. The lowest BCUT2D eigenvalue weighted by molar-refractivity contribution is 0.279. The van der Waals surface area contributed by atoms with Crippen molar-refractivity contribution >= 4 is 0 Å². The van der Waals surface area contributed by atoms with Crippen molar-refractivity contribution in [2.75, 3.05) is 20.7 Å². The van der Waals surface area contributed by atoms with E-state index < -0.39 is 0 Å². The molecular formula is C15H27N3O. The summed E-state index contributed by atoms with van der Waals surface area (Å²) in [7, 11) is 3.80. The predicted molar refractivity (Wildman–Crippen MR) is 77.7 cm³/mol. The van der Waals surface area contributed by atoms with Crippen molar-refractivity contribution < 1.29 is 4.74 Å². The first-order chi connectivity index (χ1) is 9.31. The van der Waals surface area contributed by atoms with Crippen LogP contribution in [0.15, 0.2) is 6.20 Å². The van der Waals surface area contributed by atoms with Gasteiger partial charge in [-0.3, -0.25) is 4.68 Å². The predicted octanol–water partition coefficient (Wildman–Crippen LogP) is 2.79. The average Bonchev–Trinajstić information content (AvgIpc) is 2.83. The quantitative estimate of drug-likeness (QED) is 0.859. The van der Waals surface area contributed by atoms with Gasteiger partial charge in [-0.25, -0.2) is 0 Å². The molecule has 2 rings (SSSR count). The number of aryl methyl sites for hydroxylation is 1. The van der Waals surface area contributed by atoms with E-state index in [1.54, 1.807) is 7.11 Å². The molecule has 1 aliphatic rings. The fourth-order valence-corrected chi connectivity index (χ4v) is 3.37. The molecule has 4 nitrogen and oxygen atoms in total. The minimum Gasteiger partial charge on any atom is -0.493 e. The Morgan fingerprint density at radius 2 is 2.21 bits per heavy atom. The highest BCUT2D eigenvalue weighted by molar-refractivity contribution is 5.30. The molecule has 1 aromatic heterocycles. The van der Waals surface area contributed by atoms with Gasteiger partial charge >= 0.3 is 0 Å². The monoisotopic (exact) mass is 265 g/mol. The number of nitrogens with zero attached hydrogens (tertiary/aromatic N) is 2. The molecule has 2 unspecified atom stereocenters. The molecule has 0 amide bonds. The van der Waals surface area contributed by atoms with E-state index in [4.69, 9.17) is 4.74 Å². The normalized spacial score (nSPS) is 23.5. The Balaban J connectivity index is 2.28. The Morgan fingerprint density at radius 1 is 1.42 bits per heavy atom. The van der Waals surface area contributed by atoms with Gasteiger partial charge in [0, 0.05) is 12.5 Å². The first-order valence-corrected chi connectivity index (χ1v) is 7.56. The van der Waals surface area contributed by atoms with Gasteiger partial charge < -0.3 is 10.1 Å². The van der Waals surface area contributed by atoms with Crippen LogP contribution in [-0.2, 0) is 6.54 Å². The fraction of sp³-hybridized carbons (Fsp3) is 0.800. The lowest BCUT2D eigenvalue weighted by Crippen LogP contribution is -2.29. The van der Waals surface area contributed by atoms with Gasteiger partial charge in [0.2, 0.25) is 0 Å². The molecule has 0 aromatic carbocycles. The van der Waals surface area contributed by atoms with Crippen LogP contribution in [0.2, 0.25) is 0 Å². The summed E-state index contributed by atoms with van der Waals surface area (Å²) in [5.41, 5.74) is 1.32. The molecule has 1 fully saturated rings. The number of aromatic nitrogens is 2. The van der Waals surface area contributed by atoms with E-state index in [-0.39, 0.29) is 0 Å².